The quantitative estimate of drug-likeness (QED) is 0.382. The molecule has 1 heterocycles. The Morgan fingerprint density at radius 3 is 2.65 bits per heavy atom. The summed E-state index contributed by atoms with van der Waals surface area (Å²) in [7, 11) is 0. The highest BCUT2D eigenvalue weighted by atomic mass is 35.5. The molecular weight excluding hydrogens is 461 g/mol. The molecule has 162 valence electrons. The summed E-state index contributed by atoms with van der Waals surface area (Å²) in [5.74, 6) is -0.667. The molecule has 1 unspecified atom stereocenters. The van der Waals surface area contributed by atoms with E-state index in [9.17, 15) is 14.4 Å². The van der Waals surface area contributed by atoms with Crippen molar-refractivity contribution in [1.29, 1.82) is 0 Å². The van der Waals surface area contributed by atoms with Gasteiger partial charge in [0, 0.05) is 21.2 Å². The molecule has 0 aromatic heterocycles. The number of rotatable bonds is 7. The Morgan fingerprint density at radius 2 is 1.94 bits per heavy atom. The van der Waals surface area contributed by atoms with Crippen LogP contribution < -0.4 is 4.74 Å². The maximum Gasteiger partial charge on any atom is 0.329 e. The van der Waals surface area contributed by atoms with Crippen LogP contribution in [0.4, 0.5) is 4.79 Å². The summed E-state index contributed by atoms with van der Waals surface area (Å²) < 4.78 is 10.8. The molecule has 0 saturated carbocycles. The van der Waals surface area contributed by atoms with Crippen molar-refractivity contribution < 1.29 is 23.9 Å². The van der Waals surface area contributed by atoms with Gasteiger partial charge in [0.15, 0.2) is 0 Å². The predicted octanol–water partition coefficient (Wildman–Crippen LogP) is 5.56. The van der Waals surface area contributed by atoms with Gasteiger partial charge in [0.05, 0.1) is 11.5 Å². The second-order valence-corrected chi connectivity index (χ2v) is 8.38. The monoisotopic (exact) mass is 479 g/mol. The van der Waals surface area contributed by atoms with Crippen LogP contribution in [0.25, 0.3) is 6.08 Å². The first-order chi connectivity index (χ1) is 14.8. The van der Waals surface area contributed by atoms with E-state index in [1.54, 1.807) is 55.5 Å². The molecule has 1 fully saturated rings. The number of esters is 1. The average molecular weight is 480 g/mol. The van der Waals surface area contributed by atoms with Gasteiger partial charge in [-0.1, -0.05) is 47.5 Å². The van der Waals surface area contributed by atoms with E-state index in [-0.39, 0.29) is 18.1 Å². The molecular formula is C22H19Cl2NO5S. The molecule has 0 spiro atoms. The van der Waals surface area contributed by atoms with Crippen molar-refractivity contribution in [3.63, 3.8) is 0 Å². The first-order valence-corrected chi connectivity index (χ1v) is 11.0. The highest BCUT2D eigenvalue weighted by Crippen LogP contribution is 2.35. The molecule has 1 atom stereocenters. The third-order valence-electron chi connectivity index (χ3n) is 4.44. The molecule has 0 bridgehead atoms. The summed E-state index contributed by atoms with van der Waals surface area (Å²) in [6, 6.07) is 11.2. The van der Waals surface area contributed by atoms with Crippen LogP contribution in [0, 0.1) is 0 Å². The number of thioether (sulfide) groups is 1. The van der Waals surface area contributed by atoms with Gasteiger partial charge in [0.25, 0.3) is 11.1 Å². The molecule has 31 heavy (non-hydrogen) atoms. The Bertz CT molecular complexity index is 1060. The molecule has 6 nitrogen and oxygen atoms in total. The van der Waals surface area contributed by atoms with Crippen LogP contribution in [0.1, 0.15) is 25.0 Å². The zero-order valence-electron chi connectivity index (χ0n) is 16.8. The minimum atomic E-state index is -1.00. The number of ether oxygens (including phenoxy) is 2. The van der Waals surface area contributed by atoms with E-state index in [1.807, 2.05) is 0 Å². The molecule has 3 rings (SSSR count). The molecule has 2 aromatic rings. The number of nitrogens with zero attached hydrogens (tertiary/aromatic N) is 1. The van der Waals surface area contributed by atoms with Crippen molar-refractivity contribution in [2.45, 2.75) is 26.5 Å². The lowest BCUT2D eigenvalue weighted by molar-refractivity contribution is -0.150. The third kappa shape index (κ3) is 5.42. The third-order valence-corrected chi connectivity index (χ3v) is 5.91. The summed E-state index contributed by atoms with van der Waals surface area (Å²) in [6.07, 6.45) is 1.57. The van der Waals surface area contributed by atoms with Crippen LogP contribution in [-0.4, -0.2) is 34.7 Å². The molecule has 0 radical (unpaired) electrons. The van der Waals surface area contributed by atoms with Gasteiger partial charge in [-0.05, 0) is 49.9 Å². The summed E-state index contributed by atoms with van der Waals surface area (Å²) in [4.78, 5) is 38.2. The van der Waals surface area contributed by atoms with Gasteiger partial charge in [-0.2, -0.15) is 0 Å². The zero-order valence-corrected chi connectivity index (χ0v) is 19.1. The van der Waals surface area contributed by atoms with Crippen LogP contribution in [-0.2, 0) is 20.9 Å². The minimum absolute atomic E-state index is 0.164. The second-order valence-electron chi connectivity index (χ2n) is 6.54. The predicted molar refractivity (Wildman–Crippen MR) is 121 cm³/mol. The van der Waals surface area contributed by atoms with Gasteiger partial charge in [-0.15, -0.1) is 0 Å². The van der Waals surface area contributed by atoms with E-state index in [0.29, 0.717) is 21.4 Å². The average Bonchev–Trinajstić information content (AvgIpc) is 3.01. The minimum Gasteiger partial charge on any atom is -0.488 e. The number of benzene rings is 2. The molecule has 0 aliphatic carbocycles. The van der Waals surface area contributed by atoms with Gasteiger partial charge in [-0.25, -0.2) is 4.79 Å². The van der Waals surface area contributed by atoms with E-state index in [4.69, 9.17) is 32.7 Å². The highest BCUT2D eigenvalue weighted by Gasteiger charge is 2.41. The van der Waals surface area contributed by atoms with Crippen LogP contribution in [0.15, 0.2) is 47.4 Å². The van der Waals surface area contributed by atoms with Gasteiger partial charge in [0.1, 0.15) is 18.4 Å². The molecule has 2 aromatic carbocycles. The van der Waals surface area contributed by atoms with Crippen LogP contribution in [0.3, 0.4) is 0 Å². The smallest absolute Gasteiger partial charge is 0.329 e. The number of carbonyl (C=O) groups is 3. The maximum atomic E-state index is 12.8. The molecule has 1 saturated heterocycles. The fraction of sp³-hybridized carbons (Fsp3) is 0.227. The summed E-state index contributed by atoms with van der Waals surface area (Å²) in [5.41, 5.74) is 1.37. The Labute approximate surface area is 194 Å². The zero-order chi connectivity index (χ0) is 22.5. The lowest BCUT2D eigenvalue weighted by Gasteiger charge is -2.19. The fourth-order valence-electron chi connectivity index (χ4n) is 2.85. The van der Waals surface area contributed by atoms with E-state index < -0.39 is 23.2 Å². The lowest BCUT2D eigenvalue weighted by atomic mass is 10.1. The number of carbonyl (C=O) groups excluding carboxylic acids is 3. The number of hydrogen-bond acceptors (Lipinski definition) is 6. The van der Waals surface area contributed by atoms with E-state index in [2.05, 4.69) is 0 Å². The number of imide groups is 1. The largest absolute Gasteiger partial charge is 0.488 e. The van der Waals surface area contributed by atoms with E-state index in [0.717, 1.165) is 22.2 Å². The Balaban J connectivity index is 1.80. The van der Waals surface area contributed by atoms with Crippen LogP contribution in [0.2, 0.25) is 10.0 Å². The number of para-hydroxylation sites is 1. The summed E-state index contributed by atoms with van der Waals surface area (Å²) >= 11 is 12.9. The maximum absolute atomic E-state index is 12.8. The Hall–Kier alpha value is -2.48. The lowest BCUT2D eigenvalue weighted by Crippen LogP contribution is -2.42. The van der Waals surface area contributed by atoms with Gasteiger partial charge >= 0.3 is 5.97 Å². The van der Waals surface area contributed by atoms with Crippen molar-refractivity contribution >= 4 is 58.2 Å². The van der Waals surface area contributed by atoms with Crippen LogP contribution >= 0.6 is 35.0 Å². The normalized spacial score (nSPS) is 16.0. The first kappa shape index (κ1) is 23.2. The standard InChI is InChI=1S/C22H19Cl2NO5S/c1-3-29-21(27)13(2)25-20(26)19(31-22(25)28)10-14-6-4-5-7-18(14)30-12-15-8-9-16(23)11-17(15)24/h4-11,13H,3,12H2,1-2H3/b19-10+. The highest BCUT2D eigenvalue weighted by molar-refractivity contribution is 8.18. The van der Waals surface area contributed by atoms with Crippen molar-refractivity contribution in [3.8, 4) is 5.75 Å². The van der Waals surface area contributed by atoms with Crippen molar-refractivity contribution in [2.75, 3.05) is 6.61 Å². The van der Waals surface area contributed by atoms with E-state index in [1.165, 1.54) is 6.92 Å². The molecule has 2 amide bonds. The van der Waals surface area contributed by atoms with Crippen molar-refractivity contribution in [1.82, 2.24) is 4.90 Å². The van der Waals surface area contributed by atoms with Crippen molar-refractivity contribution in [2.24, 2.45) is 0 Å². The van der Waals surface area contributed by atoms with Crippen molar-refractivity contribution in [3.05, 3.63) is 68.5 Å². The summed E-state index contributed by atoms with van der Waals surface area (Å²) in [6.45, 7) is 3.48. The molecule has 0 N–H and O–H groups in total. The molecule has 9 heteroatoms. The van der Waals surface area contributed by atoms with Gasteiger partial charge in [-0.3, -0.25) is 14.5 Å². The van der Waals surface area contributed by atoms with Gasteiger partial charge < -0.3 is 9.47 Å². The van der Waals surface area contributed by atoms with Crippen LogP contribution in [0.5, 0.6) is 5.75 Å². The molecule has 1 aliphatic rings. The van der Waals surface area contributed by atoms with Gasteiger partial charge in [0.2, 0.25) is 0 Å². The fourth-order valence-corrected chi connectivity index (χ4v) is 4.21. The number of amides is 2. The summed E-state index contributed by atoms with van der Waals surface area (Å²) in [5, 5.41) is 0.490. The number of halogens is 2. The Kier molecular flexibility index (Phi) is 7.64. The second kappa shape index (κ2) is 10.2. The number of hydrogen-bond donors (Lipinski definition) is 0. The Morgan fingerprint density at radius 1 is 1.19 bits per heavy atom. The SMILES string of the molecule is CCOC(=O)C(C)N1C(=O)S/C(=C/c2ccccc2OCc2ccc(Cl)cc2Cl)C1=O. The topological polar surface area (TPSA) is 72.9 Å². The van der Waals surface area contributed by atoms with E-state index >= 15 is 0 Å². The first-order valence-electron chi connectivity index (χ1n) is 9.41. The molecule has 1 aliphatic heterocycles.